The molecular formula is C11H14ClNO4S. The second-order valence-corrected chi connectivity index (χ2v) is 6.01. The van der Waals surface area contributed by atoms with Gasteiger partial charge in [0, 0.05) is 0 Å². The number of nitrogens with two attached hydrogens (primary N) is 1. The molecule has 100 valence electrons. The zero-order valence-corrected chi connectivity index (χ0v) is 11.8. The Morgan fingerprint density at radius 1 is 1.39 bits per heavy atom. The van der Waals surface area contributed by atoms with Crippen molar-refractivity contribution >= 4 is 27.6 Å². The minimum atomic E-state index is -3.98. The van der Waals surface area contributed by atoms with Gasteiger partial charge in [-0.25, -0.2) is 18.4 Å². The normalized spacial score (nSPS) is 11.7. The van der Waals surface area contributed by atoms with Crippen LogP contribution in [0.1, 0.15) is 29.8 Å². The summed E-state index contributed by atoms with van der Waals surface area (Å²) in [6.45, 7) is 4.98. The predicted molar refractivity (Wildman–Crippen MR) is 68.1 cm³/mol. The third-order valence-electron chi connectivity index (χ3n) is 2.11. The molecule has 0 radical (unpaired) electrons. The molecule has 5 nitrogen and oxygen atoms in total. The Hall–Kier alpha value is -1.11. The van der Waals surface area contributed by atoms with Gasteiger partial charge in [-0.15, -0.1) is 0 Å². The van der Waals surface area contributed by atoms with Crippen LogP contribution in [0.15, 0.2) is 17.0 Å². The fourth-order valence-corrected chi connectivity index (χ4v) is 2.48. The number of esters is 1. The van der Waals surface area contributed by atoms with Crippen molar-refractivity contribution in [2.75, 3.05) is 0 Å². The average Bonchev–Trinajstić information content (AvgIpc) is 2.18. The first kappa shape index (κ1) is 14.9. The van der Waals surface area contributed by atoms with Crippen LogP contribution in [-0.4, -0.2) is 20.5 Å². The lowest BCUT2D eigenvalue weighted by molar-refractivity contribution is 0.0377. The first-order valence-corrected chi connectivity index (χ1v) is 7.09. The Balaban J connectivity index is 3.34. The second-order valence-electron chi connectivity index (χ2n) is 4.10. The van der Waals surface area contributed by atoms with Crippen molar-refractivity contribution in [1.29, 1.82) is 0 Å². The third-order valence-corrected chi connectivity index (χ3v) is 3.65. The van der Waals surface area contributed by atoms with Gasteiger partial charge in [0.1, 0.15) is 4.90 Å². The second kappa shape index (κ2) is 5.26. The van der Waals surface area contributed by atoms with Crippen LogP contribution in [0.25, 0.3) is 0 Å². The average molecular weight is 292 g/mol. The van der Waals surface area contributed by atoms with Crippen molar-refractivity contribution in [2.45, 2.75) is 31.8 Å². The minimum absolute atomic E-state index is 0.0126. The number of sulfonamides is 1. The number of primary sulfonamides is 1. The monoisotopic (exact) mass is 291 g/mol. The van der Waals surface area contributed by atoms with Crippen molar-refractivity contribution in [2.24, 2.45) is 5.14 Å². The smallest absolute Gasteiger partial charge is 0.338 e. The summed E-state index contributed by atoms with van der Waals surface area (Å²) >= 11 is 5.85. The molecule has 0 spiro atoms. The van der Waals surface area contributed by atoms with Gasteiger partial charge in [0.05, 0.1) is 16.7 Å². The van der Waals surface area contributed by atoms with Gasteiger partial charge in [0.2, 0.25) is 10.0 Å². The van der Waals surface area contributed by atoms with E-state index < -0.39 is 16.0 Å². The van der Waals surface area contributed by atoms with Crippen molar-refractivity contribution in [1.82, 2.24) is 0 Å². The largest absolute Gasteiger partial charge is 0.459 e. The van der Waals surface area contributed by atoms with E-state index in [2.05, 4.69) is 0 Å². The molecule has 1 aromatic carbocycles. The Morgan fingerprint density at radius 2 is 1.94 bits per heavy atom. The van der Waals surface area contributed by atoms with Crippen molar-refractivity contribution in [3.63, 3.8) is 0 Å². The summed E-state index contributed by atoms with van der Waals surface area (Å²) in [6.07, 6.45) is -0.300. The van der Waals surface area contributed by atoms with Gasteiger partial charge < -0.3 is 4.74 Å². The molecule has 1 rings (SSSR count). The third kappa shape index (κ3) is 3.44. The Bertz CT molecular complexity index is 581. The summed E-state index contributed by atoms with van der Waals surface area (Å²) in [5.74, 6) is -0.616. The highest BCUT2D eigenvalue weighted by atomic mass is 35.5. The lowest BCUT2D eigenvalue weighted by atomic mass is 10.1. The van der Waals surface area contributed by atoms with Crippen LogP contribution >= 0.6 is 11.6 Å². The van der Waals surface area contributed by atoms with E-state index in [0.717, 1.165) is 6.07 Å². The fraction of sp³-hybridized carbons (Fsp3) is 0.364. The van der Waals surface area contributed by atoms with E-state index in [1.807, 2.05) is 0 Å². The van der Waals surface area contributed by atoms with Crippen LogP contribution in [-0.2, 0) is 14.8 Å². The van der Waals surface area contributed by atoms with Gasteiger partial charge >= 0.3 is 5.97 Å². The number of ether oxygens (including phenoxy) is 1. The summed E-state index contributed by atoms with van der Waals surface area (Å²) in [5.41, 5.74) is 0.550. The number of carbonyl (C=O) groups excluding carboxylic acids is 1. The lowest BCUT2D eigenvalue weighted by Gasteiger charge is -2.11. The quantitative estimate of drug-likeness (QED) is 0.861. The molecule has 0 aliphatic rings. The summed E-state index contributed by atoms with van der Waals surface area (Å²) in [6, 6.07) is 2.58. The number of halogens is 1. The van der Waals surface area contributed by atoms with E-state index in [4.69, 9.17) is 21.5 Å². The first-order chi connectivity index (χ1) is 8.12. The van der Waals surface area contributed by atoms with E-state index in [1.165, 1.54) is 6.07 Å². The molecule has 0 aliphatic carbocycles. The zero-order valence-electron chi connectivity index (χ0n) is 10.2. The maximum atomic E-state index is 11.7. The van der Waals surface area contributed by atoms with Gasteiger partial charge in [-0.05, 0) is 38.5 Å². The molecule has 2 N–H and O–H groups in total. The number of aryl methyl sites for hydroxylation is 1. The molecule has 0 aliphatic heterocycles. The number of carbonyl (C=O) groups is 1. The standard InChI is InChI=1S/C11H14ClNO4S/c1-6(2)17-11(14)8-4-7(3)10(12)9(5-8)18(13,15)16/h4-6H,1-3H3,(H2,13,15,16). The van der Waals surface area contributed by atoms with Crippen LogP contribution in [0.4, 0.5) is 0 Å². The van der Waals surface area contributed by atoms with E-state index in [9.17, 15) is 13.2 Å². The SMILES string of the molecule is Cc1cc(C(=O)OC(C)C)cc(S(N)(=O)=O)c1Cl. The molecule has 0 unspecified atom stereocenters. The summed E-state index contributed by atoms with van der Waals surface area (Å²) < 4.78 is 27.7. The number of hydrogen-bond acceptors (Lipinski definition) is 4. The number of benzene rings is 1. The summed E-state index contributed by atoms with van der Waals surface area (Å²) in [5, 5.41) is 5.05. The highest BCUT2D eigenvalue weighted by Gasteiger charge is 2.19. The Morgan fingerprint density at radius 3 is 2.39 bits per heavy atom. The molecule has 0 atom stereocenters. The first-order valence-electron chi connectivity index (χ1n) is 5.17. The van der Waals surface area contributed by atoms with Crippen LogP contribution in [0, 0.1) is 6.92 Å². The van der Waals surface area contributed by atoms with Crippen molar-refractivity contribution in [3.8, 4) is 0 Å². The minimum Gasteiger partial charge on any atom is -0.459 e. The number of hydrogen-bond donors (Lipinski definition) is 1. The van der Waals surface area contributed by atoms with E-state index in [-0.39, 0.29) is 21.6 Å². The summed E-state index contributed by atoms with van der Waals surface area (Å²) in [4.78, 5) is 11.4. The van der Waals surface area contributed by atoms with E-state index >= 15 is 0 Å². The molecule has 0 aromatic heterocycles. The molecule has 0 heterocycles. The maximum absolute atomic E-state index is 11.7. The molecule has 0 bridgehead atoms. The van der Waals surface area contributed by atoms with Gasteiger partial charge in [0.25, 0.3) is 0 Å². The lowest BCUT2D eigenvalue weighted by Crippen LogP contribution is -2.16. The highest BCUT2D eigenvalue weighted by molar-refractivity contribution is 7.89. The fourth-order valence-electron chi connectivity index (χ4n) is 1.34. The molecule has 0 saturated carbocycles. The van der Waals surface area contributed by atoms with Crippen molar-refractivity contribution < 1.29 is 17.9 Å². The maximum Gasteiger partial charge on any atom is 0.338 e. The predicted octanol–water partition coefficient (Wildman–Crippen LogP) is 1.86. The molecule has 0 fully saturated rings. The molecule has 0 amide bonds. The molecule has 18 heavy (non-hydrogen) atoms. The van der Waals surface area contributed by atoms with Gasteiger partial charge in [-0.3, -0.25) is 0 Å². The van der Waals surface area contributed by atoms with E-state index in [1.54, 1.807) is 20.8 Å². The molecule has 1 aromatic rings. The van der Waals surface area contributed by atoms with Crippen LogP contribution in [0.5, 0.6) is 0 Å². The van der Waals surface area contributed by atoms with Gasteiger partial charge in [-0.1, -0.05) is 11.6 Å². The van der Waals surface area contributed by atoms with Crippen LogP contribution in [0.3, 0.4) is 0 Å². The van der Waals surface area contributed by atoms with Gasteiger partial charge in [-0.2, -0.15) is 0 Å². The van der Waals surface area contributed by atoms with Crippen LogP contribution < -0.4 is 5.14 Å². The zero-order chi connectivity index (χ0) is 14.1. The topological polar surface area (TPSA) is 86.5 Å². The summed E-state index contributed by atoms with van der Waals surface area (Å²) in [7, 11) is -3.98. The van der Waals surface area contributed by atoms with E-state index in [0.29, 0.717) is 5.56 Å². The van der Waals surface area contributed by atoms with Crippen molar-refractivity contribution in [3.05, 3.63) is 28.3 Å². The number of rotatable bonds is 3. The van der Waals surface area contributed by atoms with Crippen LogP contribution in [0.2, 0.25) is 5.02 Å². The molecule has 0 saturated heterocycles. The van der Waals surface area contributed by atoms with Gasteiger partial charge in [0.15, 0.2) is 0 Å². The molecule has 7 heteroatoms. The Kier molecular flexibility index (Phi) is 4.37. The molecular weight excluding hydrogens is 278 g/mol. The Labute approximate surface area is 111 Å². The highest BCUT2D eigenvalue weighted by Crippen LogP contribution is 2.26.